The van der Waals surface area contributed by atoms with Gasteiger partial charge in [-0.1, -0.05) is 42.5 Å². The van der Waals surface area contributed by atoms with E-state index in [0.29, 0.717) is 0 Å². The molecular formula is C16H15N. The molecule has 1 heteroatoms. The summed E-state index contributed by atoms with van der Waals surface area (Å²) in [6, 6.07) is 16.7. The molecular weight excluding hydrogens is 206 g/mol. The summed E-state index contributed by atoms with van der Waals surface area (Å²) in [6.07, 6.45) is 4.75. The Labute approximate surface area is 102 Å². The molecule has 0 heterocycles. The first-order chi connectivity index (χ1) is 8.33. The van der Waals surface area contributed by atoms with Gasteiger partial charge in [-0.05, 0) is 47.2 Å². The first-order valence-electron chi connectivity index (χ1n) is 5.98. The van der Waals surface area contributed by atoms with E-state index in [1.165, 1.54) is 35.1 Å². The maximum atomic E-state index is 5.80. The number of rotatable bonds is 2. The Bertz CT molecular complexity index is 564. The predicted octanol–water partition coefficient (Wildman–Crippen LogP) is 4.11. The minimum Gasteiger partial charge on any atom is -0.399 e. The molecule has 1 aliphatic carbocycles. The standard InChI is InChI=1S/C16H15N/c17-16-6-2-5-15(11-16)14-9-7-13(8-10-14)12-3-1-4-12/h2-3,5-11H,1,4,17H2. The van der Waals surface area contributed by atoms with Crippen LogP contribution in [0.25, 0.3) is 16.7 Å². The van der Waals surface area contributed by atoms with Crippen LogP contribution in [0.5, 0.6) is 0 Å². The third kappa shape index (κ3) is 1.96. The summed E-state index contributed by atoms with van der Waals surface area (Å²) in [7, 11) is 0. The molecule has 0 spiro atoms. The Morgan fingerprint density at radius 1 is 0.824 bits per heavy atom. The van der Waals surface area contributed by atoms with E-state index < -0.39 is 0 Å². The molecule has 0 atom stereocenters. The molecule has 84 valence electrons. The van der Waals surface area contributed by atoms with E-state index in [4.69, 9.17) is 5.73 Å². The number of nitrogens with two attached hydrogens (primary N) is 1. The molecule has 1 aliphatic rings. The zero-order valence-electron chi connectivity index (χ0n) is 9.69. The average Bonchev–Trinajstić information content (AvgIpc) is 2.28. The van der Waals surface area contributed by atoms with Crippen LogP contribution in [0, 0.1) is 0 Å². The fourth-order valence-corrected chi connectivity index (χ4v) is 2.15. The van der Waals surface area contributed by atoms with E-state index in [1.807, 2.05) is 18.2 Å². The summed E-state index contributed by atoms with van der Waals surface area (Å²) in [5.41, 5.74) is 11.8. The second-order valence-electron chi connectivity index (χ2n) is 4.47. The van der Waals surface area contributed by atoms with E-state index in [-0.39, 0.29) is 0 Å². The third-order valence-electron chi connectivity index (χ3n) is 3.28. The van der Waals surface area contributed by atoms with Crippen molar-refractivity contribution in [3.05, 3.63) is 60.2 Å². The van der Waals surface area contributed by atoms with Crippen LogP contribution in [0.4, 0.5) is 5.69 Å². The number of nitrogen functional groups attached to an aromatic ring is 1. The van der Waals surface area contributed by atoms with Crippen LogP contribution in [0.2, 0.25) is 0 Å². The molecule has 0 bridgehead atoms. The van der Waals surface area contributed by atoms with Gasteiger partial charge in [-0.25, -0.2) is 0 Å². The first-order valence-corrected chi connectivity index (χ1v) is 5.98. The summed E-state index contributed by atoms with van der Waals surface area (Å²) in [5, 5.41) is 0. The molecule has 2 aromatic rings. The maximum Gasteiger partial charge on any atom is 0.0320 e. The molecule has 17 heavy (non-hydrogen) atoms. The number of allylic oxidation sites excluding steroid dienone is 2. The second kappa shape index (κ2) is 4.10. The van der Waals surface area contributed by atoms with Crippen molar-refractivity contribution in [2.45, 2.75) is 12.8 Å². The van der Waals surface area contributed by atoms with Gasteiger partial charge in [0.2, 0.25) is 0 Å². The summed E-state index contributed by atoms with van der Waals surface area (Å²) < 4.78 is 0. The Morgan fingerprint density at radius 2 is 1.53 bits per heavy atom. The minimum absolute atomic E-state index is 0.813. The molecule has 2 N–H and O–H groups in total. The third-order valence-corrected chi connectivity index (χ3v) is 3.28. The number of anilines is 1. The Morgan fingerprint density at radius 3 is 2.12 bits per heavy atom. The van der Waals surface area contributed by atoms with Crippen LogP contribution in [0.3, 0.4) is 0 Å². The highest BCUT2D eigenvalue weighted by Gasteiger charge is 2.08. The first kappa shape index (κ1) is 10.2. The molecule has 0 fully saturated rings. The van der Waals surface area contributed by atoms with Crippen molar-refractivity contribution < 1.29 is 0 Å². The summed E-state index contributed by atoms with van der Waals surface area (Å²) in [4.78, 5) is 0. The quantitative estimate of drug-likeness (QED) is 0.759. The van der Waals surface area contributed by atoms with Crippen LogP contribution in [-0.2, 0) is 0 Å². The van der Waals surface area contributed by atoms with Crippen molar-refractivity contribution in [2.24, 2.45) is 0 Å². The Hall–Kier alpha value is -2.02. The van der Waals surface area contributed by atoms with E-state index in [9.17, 15) is 0 Å². The predicted molar refractivity (Wildman–Crippen MR) is 73.5 cm³/mol. The number of hydrogen-bond acceptors (Lipinski definition) is 1. The van der Waals surface area contributed by atoms with Crippen molar-refractivity contribution >= 4 is 11.3 Å². The van der Waals surface area contributed by atoms with Gasteiger partial charge in [0.15, 0.2) is 0 Å². The van der Waals surface area contributed by atoms with Crippen LogP contribution in [0.1, 0.15) is 18.4 Å². The maximum absolute atomic E-state index is 5.80. The topological polar surface area (TPSA) is 26.0 Å². The summed E-state index contributed by atoms with van der Waals surface area (Å²) in [6.45, 7) is 0. The highest BCUT2D eigenvalue weighted by Crippen LogP contribution is 2.30. The Balaban J connectivity index is 1.94. The average molecular weight is 221 g/mol. The van der Waals surface area contributed by atoms with Gasteiger partial charge < -0.3 is 5.73 Å². The van der Waals surface area contributed by atoms with Gasteiger partial charge in [0.05, 0.1) is 0 Å². The lowest BCUT2D eigenvalue weighted by molar-refractivity contribution is 0.988. The van der Waals surface area contributed by atoms with Gasteiger partial charge in [-0.3, -0.25) is 0 Å². The van der Waals surface area contributed by atoms with E-state index in [2.05, 4.69) is 36.4 Å². The van der Waals surface area contributed by atoms with Crippen LogP contribution in [0.15, 0.2) is 54.6 Å². The molecule has 0 saturated heterocycles. The molecule has 0 radical (unpaired) electrons. The number of hydrogen-bond donors (Lipinski definition) is 1. The molecule has 3 rings (SSSR count). The Kier molecular flexibility index (Phi) is 2.45. The smallest absolute Gasteiger partial charge is 0.0320 e. The fraction of sp³-hybridized carbons (Fsp3) is 0.125. The van der Waals surface area contributed by atoms with Crippen molar-refractivity contribution in [3.63, 3.8) is 0 Å². The highest BCUT2D eigenvalue weighted by molar-refractivity contribution is 5.73. The molecule has 0 aromatic heterocycles. The second-order valence-corrected chi connectivity index (χ2v) is 4.47. The highest BCUT2D eigenvalue weighted by atomic mass is 14.5. The van der Waals surface area contributed by atoms with Crippen molar-refractivity contribution in [1.82, 2.24) is 0 Å². The van der Waals surface area contributed by atoms with E-state index in [1.54, 1.807) is 0 Å². The van der Waals surface area contributed by atoms with Crippen LogP contribution >= 0.6 is 0 Å². The van der Waals surface area contributed by atoms with E-state index in [0.717, 1.165) is 5.69 Å². The van der Waals surface area contributed by atoms with Crippen LogP contribution < -0.4 is 5.73 Å². The number of benzene rings is 2. The van der Waals surface area contributed by atoms with Gasteiger partial charge in [-0.2, -0.15) is 0 Å². The van der Waals surface area contributed by atoms with Crippen LogP contribution in [-0.4, -0.2) is 0 Å². The molecule has 0 saturated carbocycles. The van der Waals surface area contributed by atoms with Crippen molar-refractivity contribution in [3.8, 4) is 11.1 Å². The molecule has 0 unspecified atom stereocenters. The van der Waals surface area contributed by atoms with Crippen molar-refractivity contribution in [2.75, 3.05) is 5.73 Å². The van der Waals surface area contributed by atoms with Gasteiger partial charge in [0, 0.05) is 5.69 Å². The molecule has 0 amide bonds. The minimum atomic E-state index is 0.813. The summed E-state index contributed by atoms with van der Waals surface area (Å²) >= 11 is 0. The van der Waals surface area contributed by atoms with Gasteiger partial charge in [0.1, 0.15) is 0 Å². The van der Waals surface area contributed by atoms with Gasteiger partial charge >= 0.3 is 0 Å². The van der Waals surface area contributed by atoms with Gasteiger partial charge in [-0.15, -0.1) is 0 Å². The van der Waals surface area contributed by atoms with Gasteiger partial charge in [0.25, 0.3) is 0 Å². The van der Waals surface area contributed by atoms with E-state index >= 15 is 0 Å². The fourth-order valence-electron chi connectivity index (χ4n) is 2.15. The lowest BCUT2D eigenvalue weighted by Gasteiger charge is -2.14. The lowest BCUT2D eigenvalue weighted by Crippen LogP contribution is -1.93. The largest absolute Gasteiger partial charge is 0.399 e. The normalized spacial score (nSPS) is 14.0. The zero-order valence-corrected chi connectivity index (χ0v) is 9.69. The summed E-state index contributed by atoms with van der Waals surface area (Å²) in [5.74, 6) is 0. The monoisotopic (exact) mass is 221 g/mol. The molecule has 2 aromatic carbocycles. The van der Waals surface area contributed by atoms with Crippen molar-refractivity contribution in [1.29, 1.82) is 0 Å². The lowest BCUT2D eigenvalue weighted by atomic mass is 9.91. The zero-order chi connectivity index (χ0) is 11.7. The SMILES string of the molecule is Nc1cccc(-c2ccc(C3=CCC3)cc2)c1. The molecule has 1 nitrogen and oxygen atoms in total. The molecule has 0 aliphatic heterocycles.